The number of hydrogen-bond donors (Lipinski definition) is 2. The first-order valence-corrected chi connectivity index (χ1v) is 9.27. The third kappa shape index (κ3) is 3.94. The Bertz CT molecular complexity index is 588. The standard InChI is InChI=1S/C13H21BrN4O2S/c1-18(9-10-5-3-2-4-6-10)21(19,20)12-7-11(14)8-16-13(12)17-15/h7-8,10H,2-6,9,15H2,1H3,(H,16,17). The summed E-state index contributed by atoms with van der Waals surface area (Å²) in [5.74, 6) is 5.97. The zero-order valence-corrected chi connectivity index (χ0v) is 14.5. The summed E-state index contributed by atoms with van der Waals surface area (Å²) in [5.41, 5.74) is 2.35. The van der Waals surface area contributed by atoms with E-state index in [1.54, 1.807) is 7.05 Å². The van der Waals surface area contributed by atoms with Gasteiger partial charge in [-0.25, -0.2) is 23.5 Å². The molecule has 118 valence electrons. The van der Waals surface area contributed by atoms with Gasteiger partial charge in [-0.2, -0.15) is 0 Å². The molecule has 0 aliphatic heterocycles. The lowest BCUT2D eigenvalue weighted by Crippen LogP contribution is -2.33. The molecule has 0 aromatic carbocycles. The van der Waals surface area contributed by atoms with Crippen molar-refractivity contribution in [3.05, 3.63) is 16.7 Å². The minimum absolute atomic E-state index is 0.0951. The molecular weight excluding hydrogens is 356 g/mol. The number of nitrogens with one attached hydrogen (secondary N) is 1. The molecule has 0 atom stereocenters. The smallest absolute Gasteiger partial charge is 0.246 e. The molecule has 3 N–H and O–H groups in total. The first-order valence-electron chi connectivity index (χ1n) is 7.03. The summed E-state index contributed by atoms with van der Waals surface area (Å²) in [4.78, 5) is 4.10. The summed E-state index contributed by atoms with van der Waals surface area (Å²) in [7, 11) is -1.99. The summed E-state index contributed by atoms with van der Waals surface area (Å²) in [5, 5.41) is 0. The van der Waals surface area contributed by atoms with Gasteiger partial charge in [0.25, 0.3) is 0 Å². The molecule has 0 amide bonds. The monoisotopic (exact) mass is 376 g/mol. The van der Waals surface area contributed by atoms with E-state index in [4.69, 9.17) is 5.84 Å². The molecule has 1 saturated carbocycles. The molecule has 0 spiro atoms. The average molecular weight is 377 g/mol. The van der Waals surface area contributed by atoms with Gasteiger partial charge in [-0.1, -0.05) is 19.3 Å². The van der Waals surface area contributed by atoms with Gasteiger partial charge < -0.3 is 5.43 Å². The van der Waals surface area contributed by atoms with Crippen molar-refractivity contribution in [3.63, 3.8) is 0 Å². The number of nitrogen functional groups attached to an aromatic ring is 1. The van der Waals surface area contributed by atoms with Crippen molar-refractivity contribution in [2.45, 2.75) is 37.0 Å². The van der Waals surface area contributed by atoms with Gasteiger partial charge in [0.1, 0.15) is 4.90 Å². The molecular formula is C13H21BrN4O2S. The van der Waals surface area contributed by atoms with Crippen LogP contribution in [0.15, 0.2) is 21.6 Å². The first kappa shape index (κ1) is 16.7. The summed E-state index contributed by atoms with van der Waals surface area (Å²) in [6.07, 6.45) is 7.33. The van der Waals surface area contributed by atoms with E-state index in [9.17, 15) is 8.42 Å². The Morgan fingerprint density at radius 3 is 2.71 bits per heavy atom. The zero-order chi connectivity index (χ0) is 15.5. The molecule has 1 aliphatic rings. The zero-order valence-electron chi connectivity index (χ0n) is 12.0. The molecule has 2 rings (SSSR count). The van der Waals surface area contributed by atoms with Crippen LogP contribution in [-0.2, 0) is 10.0 Å². The lowest BCUT2D eigenvalue weighted by molar-refractivity contribution is 0.300. The van der Waals surface area contributed by atoms with Gasteiger partial charge >= 0.3 is 0 Å². The number of pyridine rings is 1. The lowest BCUT2D eigenvalue weighted by atomic mass is 9.89. The maximum atomic E-state index is 12.7. The second kappa shape index (κ2) is 7.04. The molecule has 0 radical (unpaired) electrons. The van der Waals surface area contributed by atoms with Crippen LogP contribution in [-0.4, -0.2) is 31.3 Å². The van der Waals surface area contributed by atoms with Gasteiger partial charge in [0.2, 0.25) is 10.0 Å². The Morgan fingerprint density at radius 1 is 1.43 bits per heavy atom. The molecule has 1 aliphatic carbocycles. The van der Waals surface area contributed by atoms with E-state index in [2.05, 4.69) is 26.3 Å². The number of aromatic nitrogens is 1. The highest BCUT2D eigenvalue weighted by Crippen LogP contribution is 2.28. The van der Waals surface area contributed by atoms with Crippen LogP contribution < -0.4 is 11.3 Å². The van der Waals surface area contributed by atoms with E-state index < -0.39 is 10.0 Å². The predicted octanol–water partition coefficient (Wildman–Crippen LogP) is 2.33. The van der Waals surface area contributed by atoms with Crippen LogP contribution in [0.3, 0.4) is 0 Å². The number of nitrogens with zero attached hydrogens (tertiary/aromatic N) is 2. The second-order valence-electron chi connectivity index (χ2n) is 5.43. The minimum atomic E-state index is -3.61. The molecule has 6 nitrogen and oxygen atoms in total. The number of hydrogen-bond acceptors (Lipinski definition) is 5. The highest BCUT2D eigenvalue weighted by atomic mass is 79.9. The maximum absolute atomic E-state index is 12.7. The fourth-order valence-electron chi connectivity index (χ4n) is 2.73. The van der Waals surface area contributed by atoms with Gasteiger partial charge in [0.05, 0.1) is 0 Å². The summed E-state index contributed by atoms with van der Waals surface area (Å²) >= 11 is 3.25. The van der Waals surface area contributed by atoms with Gasteiger partial charge in [0.15, 0.2) is 5.82 Å². The summed E-state index contributed by atoms with van der Waals surface area (Å²) < 4.78 is 27.4. The van der Waals surface area contributed by atoms with Gasteiger partial charge in [0, 0.05) is 24.3 Å². The van der Waals surface area contributed by atoms with Crippen molar-refractivity contribution < 1.29 is 8.42 Å². The Balaban J connectivity index is 2.22. The van der Waals surface area contributed by atoms with Crippen molar-refractivity contribution in [1.29, 1.82) is 0 Å². The molecule has 1 heterocycles. The van der Waals surface area contributed by atoms with Crippen molar-refractivity contribution in [2.24, 2.45) is 11.8 Å². The largest absolute Gasteiger partial charge is 0.307 e. The molecule has 0 saturated heterocycles. The highest BCUT2D eigenvalue weighted by Gasteiger charge is 2.27. The minimum Gasteiger partial charge on any atom is -0.307 e. The fraction of sp³-hybridized carbons (Fsp3) is 0.615. The third-order valence-corrected chi connectivity index (χ3v) is 6.15. The van der Waals surface area contributed by atoms with Crippen molar-refractivity contribution >= 4 is 31.8 Å². The van der Waals surface area contributed by atoms with Gasteiger partial charge in [-0.3, -0.25) is 0 Å². The Morgan fingerprint density at radius 2 is 2.10 bits per heavy atom. The fourth-order valence-corrected chi connectivity index (χ4v) is 4.58. The maximum Gasteiger partial charge on any atom is 0.246 e. The van der Waals surface area contributed by atoms with E-state index in [1.807, 2.05) is 0 Å². The van der Waals surface area contributed by atoms with Crippen molar-refractivity contribution in [3.8, 4) is 0 Å². The summed E-state index contributed by atoms with van der Waals surface area (Å²) in [6.45, 7) is 0.541. The lowest BCUT2D eigenvalue weighted by Gasteiger charge is -2.27. The van der Waals surface area contributed by atoms with E-state index in [0.29, 0.717) is 16.9 Å². The number of hydrazine groups is 1. The number of nitrogens with two attached hydrogens (primary N) is 1. The predicted molar refractivity (Wildman–Crippen MR) is 86.1 cm³/mol. The van der Waals surface area contributed by atoms with Crippen LogP contribution in [0.4, 0.5) is 5.82 Å². The van der Waals surface area contributed by atoms with E-state index in [-0.39, 0.29) is 10.7 Å². The van der Waals surface area contributed by atoms with Crippen LogP contribution in [0.5, 0.6) is 0 Å². The molecule has 8 heteroatoms. The Kier molecular flexibility index (Phi) is 5.59. The molecule has 21 heavy (non-hydrogen) atoms. The summed E-state index contributed by atoms with van der Waals surface area (Å²) in [6, 6.07) is 1.52. The van der Waals surface area contributed by atoms with E-state index in [1.165, 1.54) is 35.8 Å². The number of halogens is 1. The highest BCUT2D eigenvalue weighted by molar-refractivity contribution is 9.10. The Labute approximate surface area is 134 Å². The third-order valence-electron chi connectivity index (χ3n) is 3.88. The SMILES string of the molecule is CN(CC1CCCCC1)S(=O)(=O)c1cc(Br)cnc1NN. The second-order valence-corrected chi connectivity index (χ2v) is 8.36. The number of anilines is 1. The van der Waals surface area contributed by atoms with Crippen LogP contribution in [0.2, 0.25) is 0 Å². The molecule has 0 unspecified atom stereocenters. The number of sulfonamides is 1. The van der Waals surface area contributed by atoms with Gasteiger partial charge in [-0.05, 0) is 40.8 Å². The van der Waals surface area contributed by atoms with Crippen molar-refractivity contribution in [1.82, 2.24) is 9.29 Å². The molecule has 1 fully saturated rings. The van der Waals surface area contributed by atoms with Crippen molar-refractivity contribution in [2.75, 3.05) is 19.0 Å². The quantitative estimate of drug-likeness (QED) is 0.607. The first-order chi connectivity index (χ1) is 9.95. The molecule has 1 aromatic rings. The van der Waals surface area contributed by atoms with E-state index in [0.717, 1.165) is 12.8 Å². The van der Waals surface area contributed by atoms with Gasteiger partial charge in [-0.15, -0.1) is 0 Å². The van der Waals surface area contributed by atoms with Crippen LogP contribution in [0.1, 0.15) is 32.1 Å². The Hall–Kier alpha value is -0.700. The van der Waals surface area contributed by atoms with Crippen LogP contribution in [0.25, 0.3) is 0 Å². The van der Waals surface area contributed by atoms with E-state index >= 15 is 0 Å². The topological polar surface area (TPSA) is 88.3 Å². The molecule has 0 bridgehead atoms. The average Bonchev–Trinajstić information content (AvgIpc) is 2.48. The molecule has 1 aromatic heterocycles. The number of rotatable bonds is 5. The van der Waals surface area contributed by atoms with Crippen LogP contribution >= 0.6 is 15.9 Å². The normalized spacial score (nSPS) is 17.1. The van der Waals surface area contributed by atoms with Crippen LogP contribution in [0, 0.1) is 5.92 Å².